The lowest BCUT2D eigenvalue weighted by Crippen LogP contribution is -2.61. The van der Waals surface area contributed by atoms with Crippen molar-refractivity contribution in [3.8, 4) is 0 Å². The van der Waals surface area contributed by atoms with E-state index < -0.39 is 5.54 Å². The van der Waals surface area contributed by atoms with Gasteiger partial charge in [-0.3, -0.25) is 4.79 Å². The molecule has 2 unspecified atom stereocenters. The molecule has 3 nitrogen and oxygen atoms in total. The maximum Gasteiger partial charge on any atom is 0.238 e. The van der Waals surface area contributed by atoms with Gasteiger partial charge in [-0.25, -0.2) is 0 Å². The third-order valence-electron chi connectivity index (χ3n) is 5.34. The lowest BCUT2D eigenvalue weighted by Gasteiger charge is -2.40. The van der Waals surface area contributed by atoms with Crippen LogP contribution in [0.1, 0.15) is 98.8 Å². The first-order chi connectivity index (χ1) is 11.0. The molecule has 0 fully saturated rings. The Bertz CT molecular complexity index is 298. The highest BCUT2D eigenvalue weighted by molar-refractivity contribution is 5.85. The van der Waals surface area contributed by atoms with Crippen molar-refractivity contribution in [2.45, 2.75) is 104 Å². The number of nitrogens with two attached hydrogens (primary N) is 1. The lowest BCUT2D eigenvalue weighted by atomic mass is 9.73. The second kappa shape index (κ2) is 12.8. The highest BCUT2D eigenvalue weighted by Crippen LogP contribution is 2.33. The molecule has 138 valence electrons. The molecule has 0 saturated carbocycles. The first-order valence-corrected chi connectivity index (χ1v) is 10.0. The summed E-state index contributed by atoms with van der Waals surface area (Å²) in [6.07, 6.45) is 11.1. The van der Waals surface area contributed by atoms with E-state index in [-0.39, 0.29) is 5.91 Å². The Morgan fingerprint density at radius 1 is 1.00 bits per heavy atom. The number of rotatable bonds is 15. The van der Waals surface area contributed by atoms with Crippen LogP contribution in [-0.4, -0.2) is 18.0 Å². The van der Waals surface area contributed by atoms with Gasteiger partial charge in [0, 0.05) is 0 Å². The van der Waals surface area contributed by atoms with Crippen molar-refractivity contribution in [1.29, 1.82) is 0 Å². The summed E-state index contributed by atoms with van der Waals surface area (Å²) in [5.41, 5.74) is 5.47. The Labute approximate surface area is 145 Å². The van der Waals surface area contributed by atoms with Gasteiger partial charge in [-0.05, 0) is 37.6 Å². The zero-order chi connectivity index (χ0) is 17.7. The first-order valence-electron chi connectivity index (χ1n) is 10.0. The summed E-state index contributed by atoms with van der Waals surface area (Å²) in [6.45, 7) is 12.0. The molecule has 0 spiro atoms. The normalized spacial score (nSPS) is 15.6. The smallest absolute Gasteiger partial charge is 0.238 e. The quantitative estimate of drug-likeness (QED) is 0.443. The van der Waals surface area contributed by atoms with Crippen LogP contribution < -0.4 is 11.1 Å². The van der Waals surface area contributed by atoms with Gasteiger partial charge in [0.15, 0.2) is 0 Å². The molecule has 3 N–H and O–H groups in total. The average Bonchev–Trinajstić information content (AvgIpc) is 2.55. The number of amides is 1. The minimum absolute atomic E-state index is 0.133. The average molecular weight is 327 g/mol. The molecule has 2 atom stereocenters. The summed E-state index contributed by atoms with van der Waals surface area (Å²) in [7, 11) is 0. The lowest BCUT2D eigenvalue weighted by molar-refractivity contribution is -0.127. The molecule has 0 rings (SSSR count). The van der Waals surface area contributed by atoms with Gasteiger partial charge in [0.05, 0.1) is 0 Å². The second-order valence-corrected chi connectivity index (χ2v) is 7.31. The van der Waals surface area contributed by atoms with E-state index >= 15 is 0 Å². The molecule has 0 bridgehead atoms. The van der Waals surface area contributed by atoms with Gasteiger partial charge < -0.3 is 11.1 Å². The van der Waals surface area contributed by atoms with Crippen LogP contribution in [-0.2, 0) is 4.79 Å². The zero-order valence-corrected chi connectivity index (χ0v) is 16.4. The largest absolute Gasteiger partial charge is 0.368 e. The van der Waals surface area contributed by atoms with E-state index in [9.17, 15) is 4.79 Å². The fourth-order valence-corrected chi connectivity index (χ4v) is 3.34. The number of carbonyl (C=O) groups is 1. The van der Waals surface area contributed by atoms with Gasteiger partial charge in [-0.1, -0.05) is 79.6 Å². The molecule has 1 amide bonds. The molecule has 0 aromatic heterocycles. The Hall–Kier alpha value is -0.570. The molecular formula is C20H42N2O. The number of nitrogens with one attached hydrogen (secondary N) is 1. The van der Waals surface area contributed by atoms with Crippen molar-refractivity contribution in [2.24, 2.45) is 17.6 Å². The highest BCUT2D eigenvalue weighted by Gasteiger charge is 2.42. The van der Waals surface area contributed by atoms with Crippen molar-refractivity contribution in [2.75, 3.05) is 6.54 Å². The summed E-state index contributed by atoms with van der Waals surface area (Å²) < 4.78 is 0. The van der Waals surface area contributed by atoms with Crippen molar-refractivity contribution in [1.82, 2.24) is 5.32 Å². The molecule has 0 heterocycles. The molecule has 0 aliphatic carbocycles. The minimum Gasteiger partial charge on any atom is -0.368 e. The minimum atomic E-state index is -0.510. The van der Waals surface area contributed by atoms with Gasteiger partial charge >= 0.3 is 0 Å². The summed E-state index contributed by atoms with van der Waals surface area (Å²) in [4.78, 5) is 12.6. The summed E-state index contributed by atoms with van der Waals surface area (Å²) in [5, 5.41) is 3.66. The van der Waals surface area contributed by atoms with Crippen molar-refractivity contribution < 1.29 is 4.79 Å². The van der Waals surface area contributed by atoms with Gasteiger partial charge in [0.1, 0.15) is 5.54 Å². The third kappa shape index (κ3) is 7.69. The van der Waals surface area contributed by atoms with Crippen molar-refractivity contribution in [3.05, 3.63) is 0 Å². The molecule has 0 radical (unpaired) electrons. The zero-order valence-electron chi connectivity index (χ0n) is 16.4. The van der Waals surface area contributed by atoms with E-state index in [1.807, 2.05) is 0 Å². The predicted octanol–water partition coefficient (Wildman–Crippen LogP) is 5.03. The van der Waals surface area contributed by atoms with E-state index in [1.165, 1.54) is 25.7 Å². The predicted molar refractivity (Wildman–Crippen MR) is 101 cm³/mol. The van der Waals surface area contributed by atoms with Crippen LogP contribution in [0, 0.1) is 11.8 Å². The van der Waals surface area contributed by atoms with Crippen LogP contribution in [0.4, 0.5) is 0 Å². The SMILES string of the molecule is CCCCC(CCCC)C(CCCC)(NCC(C)CC)C(N)=O. The molecule has 0 aromatic rings. The molecule has 23 heavy (non-hydrogen) atoms. The van der Waals surface area contributed by atoms with Crippen molar-refractivity contribution >= 4 is 5.91 Å². The molecule has 0 aromatic carbocycles. The van der Waals surface area contributed by atoms with E-state index in [0.29, 0.717) is 11.8 Å². The number of carbonyl (C=O) groups excluding carboxylic acids is 1. The number of hydrogen-bond acceptors (Lipinski definition) is 2. The van der Waals surface area contributed by atoms with Crippen LogP contribution in [0.25, 0.3) is 0 Å². The maximum absolute atomic E-state index is 12.6. The van der Waals surface area contributed by atoms with Gasteiger partial charge in [-0.15, -0.1) is 0 Å². The van der Waals surface area contributed by atoms with Gasteiger partial charge in [-0.2, -0.15) is 0 Å². The van der Waals surface area contributed by atoms with Gasteiger partial charge in [0.2, 0.25) is 5.91 Å². The standard InChI is InChI=1S/C20H42N2O/c1-6-10-13-18(14-11-7-2)20(19(21)23,15-12-8-3)22-16-17(5)9-4/h17-18,22H,6-16H2,1-5H3,(H2,21,23). The Balaban J connectivity index is 5.34. The van der Waals surface area contributed by atoms with Gasteiger partial charge in [0.25, 0.3) is 0 Å². The van der Waals surface area contributed by atoms with Crippen LogP contribution in [0.2, 0.25) is 0 Å². The Kier molecular flexibility index (Phi) is 12.5. The fraction of sp³-hybridized carbons (Fsp3) is 0.950. The van der Waals surface area contributed by atoms with Crippen molar-refractivity contribution in [3.63, 3.8) is 0 Å². The van der Waals surface area contributed by atoms with Crippen LogP contribution in [0.15, 0.2) is 0 Å². The molecule has 0 aliphatic rings. The van der Waals surface area contributed by atoms with E-state index in [1.54, 1.807) is 0 Å². The van der Waals surface area contributed by atoms with E-state index in [2.05, 4.69) is 39.9 Å². The maximum atomic E-state index is 12.6. The Morgan fingerprint density at radius 3 is 1.91 bits per heavy atom. The number of primary amides is 1. The topological polar surface area (TPSA) is 55.1 Å². The number of hydrogen-bond donors (Lipinski definition) is 2. The first kappa shape index (κ1) is 22.4. The van der Waals surface area contributed by atoms with Crippen LogP contribution in [0.5, 0.6) is 0 Å². The monoisotopic (exact) mass is 326 g/mol. The molecule has 0 saturated heterocycles. The molecule has 3 heteroatoms. The second-order valence-electron chi connectivity index (χ2n) is 7.31. The summed E-state index contributed by atoms with van der Waals surface area (Å²) in [5.74, 6) is 0.815. The Morgan fingerprint density at radius 2 is 1.52 bits per heavy atom. The highest BCUT2D eigenvalue weighted by atomic mass is 16.1. The third-order valence-corrected chi connectivity index (χ3v) is 5.34. The fourth-order valence-electron chi connectivity index (χ4n) is 3.34. The van der Waals surface area contributed by atoms with E-state index in [4.69, 9.17) is 5.73 Å². The van der Waals surface area contributed by atoms with E-state index in [0.717, 1.165) is 45.1 Å². The molecule has 0 aliphatic heterocycles. The molecular weight excluding hydrogens is 284 g/mol. The summed E-state index contributed by atoms with van der Waals surface area (Å²) >= 11 is 0. The van der Waals surface area contributed by atoms with Crippen LogP contribution >= 0.6 is 0 Å². The number of unbranched alkanes of at least 4 members (excludes halogenated alkanes) is 3. The van der Waals surface area contributed by atoms with Crippen LogP contribution in [0.3, 0.4) is 0 Å². The summed E-state index contributed by atoms with van der Waals surface area (Å²) in [6, 6.07) is 0.